The summed E-state index contributed by atoms with van der Waals surface area (Å²) in [5.74, 6) is -0.0751. The molecule has 1 aliphatic heterocycles. The van der Waals surface area contributed by atoms with Gasteiger partial charge < -0.3 is 5.32 Å². The van der Waals surface area contributed by atoms with Crippen molar-refractivity contribution < 1.29 is 13.2 Å². The van der Waals surface area contributed by atoms with Crippen molar-refractivity contribution in [2.24, 2.45) is 0 Å². The van der Waals surface area contributed by atoms with Gasteiger partial charge in [-0.25, -0.2) is 8.42 Å². The lowest BCUT2D eigenvalue weighted by Gasteiger charge is -2.07. The zero-order chi connectivity index (χ0) is 14.3. The Morgan fingerprint density at radius 1 is 1.25 bits per heavy atom. The number of nitrogens with one attached hydrogen (secondary N) is 2. The highest BCUT2D eigenvalue weighted by atomic mass is 32.2. The second-order valence-corrected chi connectivity index (χ2v) is 7.76. The number of aryl methyl sites for hydroxylation is 1. The van der Waals surface area contributed by atoms with E-state index in [1.54, 1.807) is 30.3 Å². The molecule has 2 heterocycles. The van der Waals surface area contributed by atoms with Crippen LogP contribution in [0.2, 0.25) is 0 Å². The Labute approximate surface area is 120 Å². The van der Waals surface area contributed by atoms with Crippen LogP contribution in [0.15, 0.2) is 34.5 Å². The third kappa shape index (κ3) is 2.41. The van der Waals surface area contributed by atoms with Crippen molar-refractivity contribution in [3.63, 3.8) is 0 Å². The van der Waals surface area contributed by atoms with Gasteiger partial charge >= 0.3 is 0 Å². The molecule has 7 heteroatoms. The monoisotopic (exact) mass is 308 g/mol. The normalized spacial score (nSPS) is 13.9. The summed E-state index contributed by atoms with van der Waals surface area (Å²) in [6.07, 6.45) is 0.281. The van der Waals surface area contributed by atoms with Crippen LogP contribution in [-0.4, -0.2) is 14.3 Å². The highest BCUT2D eigenvalue weighted by Crippen LogP contribution is 2.28. The maximum atomic E-state index is 12.2. The molecule has 3 rings (SSSR count). The van der Waals surface area contributed by atoms with Crippen LogP contribution in [0.25, 0.3) is 0 Å². The lowest BCUT2D eigenvalue weighted by atomic mass is 10.1. The Hall–Kier alpha value is -1.86. The standard InChI is InChI=1S/C13H12N2O3S2/c1-8-2-5-13(19-8)20(17,18)15-10-3-4-11-9(6-10)7-12(16)14-11/h2-6,15H,7H2,1H3,(H,14,16). The Kier molecular flexibility index (Phi) is 3.02. The molecule has 20 heavy (non-hydrogen) atoms. The van der Waals surface area contributed by atoms with Gasteiger partial charge in [-0.1, -0.05) is 0 Å². The quantitative estimate of drug-likeness (QED) is 0.914. The van der Waals surface area contributed by atoms with E-state index in [0.29, 0.717) is 5.69 Å². The van der Waals surface area contributed by atoms with Gasteiger partial charge in [-0.3, -0.25) is 9.52 Å². The average molecular weight is 308 g/mol. The number of anilines is 2. The molecule has 0 spiro atoms. The number of carbonyl (C=O) groups is 1. The summed E-state index contributed by atoms with van der Waals surface area (Å²) in [6.45, 7) is 1.86. The minimum absolute atomic E-state index is 0.0751. The molecule has 1 aromatic carbocycles. The third-order valence-corrected chi connectivity index (χ3v) is 5.84. The molecule has 0 bridgehead atoms. The van der Waals surface area contributed by atoms with Crippen LogP contribution in [0.1, 0.15) is 10.4 Å². The maximum Gasteiger partial charge on any atom is 0.271 e. The lowest BCUT2D eigenvalue weighted by Crippen LogP contribution is -2.11. The van der Waals surface area contributed by atoms with Crippen molar-refractivity contribution in [3.8, 4) is 0 Å². The predicted molar refractivity (Wildman–Crippen MR) is 78.6 cm³/mol. The Bertz CT molecular complexity index is 794. The lowest BCUT2D eigenvalue weighted by molar-refractivity contribution is -0.115. The first-order valence-electron chi connectivity index (χ1n) is 5.96. The molecular formula is C13H12N2O3S2. The molecule has 0 atom stereocenters. The maximum absolute atomic E-state index is 12.2. The molecule has 0 unspecified atom stereocenters. The van der Waals surface area contributed by atoms with Crippen molar-refractivity contribution >= 4 is 38.6 Å². The number of fused-ring (bicyclic) bond motifs is 1. The minimum Gasteiger partial charge on any atom is -0.326 e. The highest BCUT2D eigenvalue weighted by molar-refractivity contribution is 7.94. The molecule has 0 radical (unpaired) electrons. The van der Waals surface area contributed by atoms with Crippen molar-refractivity contribution in [2.45, 2.75) is 17.6 Å². The first-order valence-corrected chi connectivity index (χ1v) is 8.26. The van der Waals surface area contributed by atoms with Gasteiger partial charge in [0.1, 0.15) is 4.21 Å². The van der Waals surface area contributed by atoms with Gasteiger partial charge in [-0.05, 0) is 42.8 Å². The number of carbonyl (C=O) groups excluding carboxylic acids is 1. The number of hydrogen-bond donors (Lipinski definition) is 2. The second-order valence-electron chi connectivity index (χ2n) is 4.57. The molecule has 1 amide bonds. The summed E-state index contributed by atoms with van der Waals surface area (Å²) in [5, 5.41) is 2.71. The van der Waals surface area contributed by atoms with Gasteiger partial charge in [-0.2, -0.15) is 0 Å². The molecular weight excluding hydrogens is 296 g/mol. The number of thiophene rings is 1. The van der Waals surface area contributed by atoms with Gasteiger partial charge in [-0.15, -0.1) is 11.3 Å². The van der Waals surface area contributed by atoms with Crippen molar-refractivity contribution in [1.82, 2.24) is 0 Å². The summed E-state index contributed by atoms with van der Waals surface area (Å²) in [4.78, 5) is 12.2. The van der Waals surface area contributed by atoms with E-state index in [0.717, 1.165) is 16.1 Å². The van der Waals surface area contributed by atoms with Crippen molar-refractivity contribution in [1.29, 1.82) is 0 Å². The number of amides is 1. The summed E-state index contributed by atoms with van der Waals surface area (Å²) in [5.41, 5.74) is 2.01. The molecule has 0 saturated carbocycles. The predicted octanol–water partition coefficient (Wildman–Crippen LogP) is 2.35. The Balaban J connectivity index is 1.89. The van der Waals surface area contributed by atoms with E-state index < -0.39 is 10.0 Å². The van der Waals surface area contributed by atoms with E-state index >= 15 is 0 Å². The fourth-order valence-corrected chi connectivity index (χ4v) is 4.39. The van der Waals surface area contributed by atoms with Gasteiger partial charge in [0.2, 0.25) is 5.91 Å². The SMILES string of the molecule is Cc1ccc(S(=O)(=O)Nc2ccc3c(c2)CC(=O)N3)s1. The van der Waals surface area contributed by atoms with E-state index in [9.17, 15) is 13.2 Å². The molecule has 0 saturated heterocycles. The molecule has 1 aromatic heterocycles. The Morgan fingerprint density at radius 3 is 2.75 bits per heavy atom. The van der Waals surface area contributed by atoms with E-state index in [-0.39, 0.29) is 16.5 Å². The molecule has 0 aliphatic carbocycles. The largest absolute Gasteiger partial charge is 0.326 e. The Morgan fingerprint density at radius 2 is 2.05 bits per heavy atom. The van der Waals surface area contributed by atoms with E-state index in [2.05, 4.69) is 10.0 Å². The van der Waals surface area contributed by atoms with Gasteiger partial charge in [0.15, 0.2) is 0 Å². The molecule has 5 nitrogen and oxygen atoms in total. The van der Waals surface area contributed by atoms with Crippen LogP contribution in [0.3, 0.4) is 0 Å². The van der Waals surface area contributed by atoms with Crippen LogP contribution >= 0.6 is 11.3 Å². The second kappa shape index (κ2) is 4.60. The number of benzene rings is 1. The van der Waals surface area contributed by atoms with Crippen LogP contribution < -0.4 is 10.0 Å². The van der Waals surface area contributed by atoms with E-state index in [1.807, 2.05) is 6.92 Å². The first kappa shape index (κ1) is 13.1. The number of hydrogen-bond acceptors (Lipinski definition) is 4. The topological polar surface area (TPSA) is 75.3 Å². The van der Waals surface area contributed by atoms with Gasteiger partial charge in [0.25, 0.3) is 10.0 Å². The zero-order valence-electron chi connectivity index (χ0n) is 10.6. The summed E-state index contributed by atoms with van der Waals surface area (Å²) in [7, 11) is -3.56. The fourth-order valence-electron chi connectivity index (χ4n) is 2.05. The van der Waals surface area contributed by atoms with Crippen LogP contribution in [0, 0.1) is 6.92 Å². The summed E-state index contributed by atoms with van der Waals surface area (Å²) < 4.78 is 27.2. The summed E-state index contributed by atoms with van der Waals surface area (Å²) >= 11 is 1.22. The minimum atomic E-state index is -3.56. The third-order valence-electron chi connectivity index (χ3n) is 2.96. The van der Waals surface area contributed by atoms with E-state index in [1.165, 1.54) is 11.3 Å². The van der Waals surface area contributed by atoms with E-state index in [4.69, 9.17) is 0 Å². The average Bonchev–Trinajstić information content (AvgIpc) is 2.93. The molecule has 1 aliphatic rings. The highest BCUT2D eigenvalue weighted by Gasteiger charge is 2.20. The zero-order valence-corrected chi connectivity index (χ0v) is 12.3. The smallest absolute Gasteiger partial charge is 0.271 e. The molecule has 104 valence electrons. The fraction of sp³-hybridized carbons (Fsp3) is 0.154. The van der Waals surface area contributed by atoms with Crippen molar-refractivity contribution in [3.05, 3.63) is 40.8 Å². The molecule has 0 fully saturated rings. The van der Waals surface area contributed by atoms with Crippen LogP contribution in [0.4, 0.5) is 11.4 Å². The van der Waals surface area contributed by atoms with Gasteiger partial charge in [0.05, 0.1) is 6.42 Å². The van der Waals surface area contributed by atoms with Gasteiger partial charge in [0, 0.05) is 16.3 Å². The number of sulfonamides is 1. The molecule has 2 aromatic rings. The first-order chi connectivity index (χ1) is 9.44. The number of rotatable bonds is 3. The summed E-state index contributed by atoms with van der Waals surface area (Å²) in [6, 6.07) is 8.39. The van der Waals surface area contributed by atoms with Crippen molar-refractivity contribution in [2.75, 3.05) is 10.0 Å². The van der Waals surface area contributed by atoms with Crippen LogP contribution in [-0.2, 0) is 21.2 Å². The molecule has 2 N–H and O–H groups in total. The van der Waals surface area contributed by atoms with Crippen LogP contribution in [0.5, 0.6) is 0 Å².